The predicted molar refractivity (Wildman–Crippen MR) is 84.8 cm³/mol. The van der Waals surface area contributed by atoms with E-state index in [1.165, 1.54) is 0 Å². The van der Waals surface area contributed by atoms with Gasteiger partial charge in [-0.25, -0.2) is 0 Å². The Balaban J connectivity index is 2.09. The molecule has 114 valence electrons. The number of amides is 1. The molecule has 1 aromatic carbocycles. The topological polar surface area (TPSA) is 73.6 Å². The molecule has 21 heavy (non-hydrogen) atoms. The lowest BCUT2D eigenvalue weighted by Gasteiger charge is -2.17. The second kappa shape index (κ2) is 6.76. The van der Waals surface area contributed by atoms with Crippen LogP contribution in [-0.4, -0.2) is 29.6 Å². The van der Waals surface area contributed by atoms with Crippen LogP contribution in [0.2, 0.25) is 0 Å². The average Bonchev–Trinajstić information content (AvgIpc) is 3.24. The summed E-state index contributed by atoms with van der Waals surface area (Å²) in [6.07, 6.45) is 1.51. The minimum atomic E-state index is -0.583. The Bertz CT molecular complexity index is 544. The van der Waals surface area contributed by atoms with Gasteiger partial charge in [0, 0.05) is 11.6 Å². The lowest BCUT2D eigenvalue weighted by Crippen LogP contribution is -2.37. The third-order valence-corrected chi connectivity index (χ3v) is 3.36. The van der Waals surface area contributed by atoms with Gasteiger partial charge in [0.1, 0.15) is 4.99 Å². The third kappa shape index (κ3) is 4.32. The van der Waals surface area contributed by atoms with Crippen LogP contribution in [0.3, 0.4) is 0 Å². The molecule has 5 nitrogen and oxygen atoms in total. The predicted octanol–water partition coefficient (Wildman–Crippen LogP) is 1.77. The molecule has 1 atom stereocenters. The molecule has 1 amide bonds. The van der Waals surface area contributed by atoms with E-state index < -0.39 is 6.10 Å². The Morgan fingerprint density at radius 2 is 2.19 bits per heavy atom. The molecule has 1 fully saturated rings. The van der Waals surface area contributed by atoms with Gasteiger partial charge in [-0.1, -0.05) is 12.2 Å². The molecule has 1 aliphatic rings. The van der Waals surface area contributed by atoms with Gasteiger partial charge in [-0.15, -0.1) is 0 Å². The molecule has 3 N–H and O–H groups in total. The van der Waals surface area contributed by atoms with Crippen LogP contribution in [0.5, 0.6) is 11.5 Å². The Labute approximate surface area is 129 Å². The van der Waals surface area contributed by atoms with Crippen LogP contribution in [0.1, 0.15) is 32.3 Å². The second-order valence-corrected chi connectivity index (χ2v) is 5.44. The van der Waals surface area contributed by atoms with Gasteiger partial charge in [-0.3, -0.25) is 4.79 Å². The number of hydrogen-bond acceptors (Lipinski definition) is 4. The summed E-state index contributed by atoms with van der Waals surface area (Å²) >= 11 is 4.95. The smallest absolute Gasteiger partial charge is 0.260 e. The maximum absolute atomic E-state index is 11.9. The van der Waals surface area contributed by atoms with Crippen LogP contribution >= 0.6 is 12.2 Å². The van der Waals surface area contributed by atoms with Crippen LogP contribution in [0, 0.1) is 0 Å². The number of nitrogens with two attached hydrogens (primary N) is 1. The number of thiocarbonyl (C=S) groups is 1. The van der Waals surface area contributed by atoms with Crippen molar-refractivity contribution in [3.05, 3.63) is 23.8 Å². The molecule has 1 unspecified atom stereocenters. The van der Waals surface area contributed by atoms with Gasteiger partial charge in [-0.05, 0) is 44.9 Å². The van der Waals surface area contributed by atoms with Crippen molar-refractivity contribution in [3.63, 3.8) is 0 Å². The molecule has 0 aliphatic heterocycles. The number of hydrogen-bond donors (Lipinski definition) is 2. The van der Waals surface area contributed by atoms with Crippen LogP contribution in [-0.2, 0) is 4.79 Å². The van der Waals surface area contributed by atoms with Gasteiger partial charge in [0.2, 0.25) is 0 Å². The molecule has 0 saturated heterocycles. The van der Waals surface area contributed by atoms with Gasteiger partial charge < -0.3 is 20.5 Å². The van der Waals surface area contributed by atoms with E-state index in [1.54, 1.807) is 25.1 Å². The van der Waals surface area contributed by atoms with E-state index in [9.17, 15) is 4.79 Å². The number of nitrogens with one attached hydrogen (secondary N) is 1. The van der Waals surface area contributed by atoms with E-state index in [0.29, 0.717) is 34.7 Å². The summed E-state index contributed by atoms with van der Waals surface area (Å²) in [6, 6.07) is 5.52. The Morgan fingerprint density at radius 1 is 1.48 bits per heavy atom. The Hall–Kier alpha value is -1.82. The van der Waals surface area contributed by atoms with E-state index in [0.717, 1.165) is 12.8 Å². The van der Waals surface area contributed by atoms with Crippen LogP contribution in [0.25, 0.3) is 0 Å². The van der Waals surface area contributed by atoms with Crippen molar-refractivity contribution in [2.24, 2.45) is 5.73 Å². The molecule has 0 bridgehead atoms. The van der Waals surface area contributed by atoms with E-state index in [1.807, 2.05) is 6.92 Å². The fourth-order valence-corrected chi connectivity index (χ4v) is 1.94. The molecular weight excluding hydrogens is 288 g/mol. The van der Waals surface area contributed by atoms with Crippen molar-refractivity contribution in [3.8, 4) is 11.5 Å². The largest absolute Gasteiger partial charge is 0.490 e. The van der Waals surface area contributed by atoms with Crippen molar-refractivity contribution < 1.29 is 14.3 Å². The lowest BCUT2D eigenvalue weighted by atomic mass is 10.2. The van der Waals surface area contributed by atoms with Crippen LogP contribution < -0.4 is 20.5 Å². The zero-order valence-corrected chi connectivity index (χ0v) is 13.0. The van der Waals surface area contributed by atoms with E-state index in [2.05, 4.69) is 5.32 Å². The average molecular weight is 308 g/mol. The highest BCUT2D eigenvalue weighted by Gasteiger charge is 2.26. The summed E-state index contributed by atoms with van der Waals surface area (Å²) in [5, 5.41) is 2.91. The fraction of sp³-hybridized carbons (Fsp3) is 0.467. The van der Waals surface area contributed by atoms with Crippen molar-refractivity contribution in [1.29, 1.82) is 0 Å². The quantitative estimate of drug-likeness (QED) is 0.751. The number of ether oxygens (including phenoxy) is 2. The van der Waals surface area contributed by atoms with Crippen molar-refractivity contribution in [1.82, 2.24) is 5.32 Å². The SMILES string of the molecule is CCOc1cc(C(N)=S)ccc1OC(C)C(=O)NC1CC1. The number of benzene rings is 1. The van der Waals surface area contributed by atoms with E-state index in [4.69, 9.17) is 27.4 Å². The Kier molecular flexibility index (Phi) is 5.01. The number of carbonyl (C=O) groups is 1. The van der Waals surface area contributed by atoms with Gasteiger partial charge in [0.25, 0.3) is 5.91 Å². The Morgan fingerprint density at radius 3 is 2.76 bits per heavy atom. The summed E-state index contributed by atoms with van der Waals surface area (Å²) in [5.41, 5.74) is 6.32. The first-order chi connectivity index (χ1) is 10.0. The van der Waals surface area contributed by atoms with E-state index >= 15 is 0 Å². The van der Waals surface area contributed by atoms with Crippen LogP contribution in [0.4, 0.5) is 0 Å². The summed E-state index contributed by atoms with van der Waals surface area (Å²) in [7, 11) is 0. The maximum Gasteiger partial charge on any atom is 0.260 e. The minimum absolute atomic E-state index is 0.113. The molecule has 1 aromatic rings. The molecular formula is C15H20N2O3S. The molecule has 0 spiro atoms. The highest BCUT2D eigenvalue weighted by atomic mass is 32.1. The summed E-state index contributed by atoms with van der Waals surface area (Å²) < 4.78 is 11.2. The van der Waals surface area contributed by atoms with Gasteiger partial charge in [0.05, 0.1) is 6.61 Å². The van der Waals surface area contributed by atoms with Crippen molar-refractivity contribution in [2.75, 3.05) is 6.61 Å². The molecule has 2 rings (SSSR count). The zero-order chi connectivity index (χ0) is 15.4. The zero-order valence-electron chi connectivity index (χ0n) is 12.2. The van der Waals surface area contributed by atoms with Gasteiger partial charge >= 0.3 is 0 Å². The molecule has 1 saturated carbocycles. The van der Waals surface area contributed by atoms with Gasteiger partial charge in [-0.2, -0.15) is 0 Å². The monoisotopic (exact) mass is 308 g/mol. The van der Waals surface area contributed by atoms with E-state index in [-0.39, 0.29) is 5.91 Å². The highest BCUT2D eigenvalue weighted by molar-refractivity contribution is 7.80. The highest BCUT2D eigenvalue weighted by Crippen LogP contribution is 2.29. The third-order valence-electron chi connectivity index (χ3n) is 3.12. The molecule has 0 radical (unpaired) electrons. The second-order valence-electron chi connectivity index (χ2n) is 5.00. The molecule has 0 aromatic heterocycles. The standard InChI is InChI=1S/C15H20N2O3S/c1-3-19-13-8-10(14(16)21)4-7-12(13)20-9(2)15(18)17-11-5-6-11/h4,7-9,11H,3,5-6H2,1-2H3,(H2,16,21)(H,17,18). The summed E-state index contributed by atoms with van der Waals surface area (Å²) in [6.45, 7) is 4.08. The molecule has 1 aliphatic carbocycles. The number of carbonyl (C=O) groups excluding carboxylic acids is 1. The fourth-order valence-electron chi connectivity index (χ4n) is 1.82. The summed E-state index contributed by atoms with van der Waals surface area (Å²) in [5.74, 6) is 0.933. The normalized spacial score (nSPS) is 15.1. The number of rotatable bonds is 7. The van der Waals surface area contributed by atoms with Crippen molar-refractivity contribution in [2.45, 2.75) is 38.8 Å². The summed E-state index contributed by atoms with van der Waals surface area (Å²) in [4.78, 5) is 12.2. The molecule has 0 heterocycles. The maximum atomic E-state index is 11.9. The van der Waals surface area contributed by atoms with Crippen LogP contribution in [0.15, 0.2) is 18.2 Å². The van der Waals surface area contributed by atoms with Gasteiger partial charge in [0.15, 0.2) is 17.6 Å². The first-order valence-corrected chi connectivity index (χ1v) is 7.45. The first kappa shape index (κ1) is 15.6. The first-order valence-electron chi connectivity index (χ1n) is 7.05. The lowest BCUT2D eigenvalue weighted by molar-refractivity contribution is -0.127. The molecule has 6 heteroatoms. The van der Waals surface area contributed by atoms with Crippen molar-refractivity contribution >= 4 is 23.1 Å². The minimum Gasteiger partial charge on any atom is -0.490 e.